The Morgan fingerprint density at radius 1 is 1.13 bits per heavy atom. The molecule has 0 aliphatic carbocycles. The fourth-order valence-corrected chi connectivity index (χ4v) is 2.50. The Morgan fingerprint density at radius 3 is 2.13 bits per heavy atom. The summed E-state index contributed by atoms with van der Waals surface area (Å²) in [6.07, 6.45) is 0. The first-order valence-corrected chi connectivity index (χ1v) is 6.16. The van der Waals surface area contributed by atoms with Crippen LogP contribution in [-0.4, -0.2) is 20.3 Å². The zero-order valence-electron chi connectivity index (χ0n) is 9.44. The lowest BCUT2D eigenvalue weighted by Gasteiger charge is -2.20. The molecule has 3 nitrogen and oxygen atoms in total. The summed E-state index contributed by atoms with van der Waals surface area (Å²) in [7, 11) is -1.87. The van der Waals surface area contributed by atoms with Crippen molar-refractivity contribution < 1.29 is 13.2 Å². The first-order valence-electron chi connectivity index (χ1n) is 4.68. The molecule has 4 heteroatoms. The number of ether oxygens (including phenoxy) is 1. The summed E-state index contributed by atoms with van der Waals surface area (Å²) >= 11 is 0. The Bertz CT molecular complexity index is 441. The minimum Gasteiger partial charge on any atom is -0.495 e. The fourth-order valence-electron chi connectivity index (χ4n) is 1.17. The summed E-state index contributed by atoms with van der Waals surface area (Å²) in [5, 5.41) is 0. The first kappa shape index (κ1) is 12.0. The summed E-state index contributed by atoms with van der Waals surface area (Å²) in [5.74, 6) is 0.396. The summed E-state index contributed by atoms with van der Waals surface area (Å²) < 4.78 is 28.5. The molecule has 0 saturated heterocycles. The first-order chi connectivity index (χ1) is 6.80. The van der Waals surface area contributed by atoms with Gasteiger partial charge in [0, 0.05) is 0 Å². The smallest absolute Gasteiger partial charge is 0.186 e. The van der Waals surface area contributed by atoms with Crippen molar-refractivity contribution in [2.24, 2.45) is 0 Å². The van der Waals surface area contributed by atoms with Crippen LogP contribution in [0.4, 0.5) is 0 Å². The van der Waals surface area contributed by atoms with Gasteiger partial charge in [-0.2, -0.15) is 0 Å². The van der Waals surface area contributed by atoms with Gasteiger partial charge in [-0.05, 0) is 32.9 Å². The zero-order valence-corrected chi connectivity index (χ0v) is 10.3. The van der Waals surface area contributed by atoms with Gasteiger partial charge in [0.05, 0.1) is 11.9 Å². The van der Waals surface area contributed by atoms with Gasteiger partial charge in [0.15, 0.2) is 9.84 Å². The van der Waals surface area contributed by atoms with Crippen molar-refractivity contribution in [1.29, 1.82) is 0 Å². The molecule has 0 unspecified atom stereocenters. The highest BCUT2D eigenvalue weighted by atomic mass is 32.2. The maximum absolute atomic E-state index is 12.2. The average molecular weight is 228 g/mol. The number of para-hydroxylation sites is 1. The molecular weight excluding hydrogens is 212 g/mol. The van der Waals surface area contributed by atoms with Crippen LogP contribution in [0.25, 0.3) is 0 Å². The van der Waals surface area contributed by atoms with Crippen molar-refractivity contribution in [3.63, 3.8) is 0 Å². The van der Waals surface area contributed by atoms with Crippen molar-refractivity contribution >= 4 is 9.84 Å². The molecule has 0 heterocycles. The molecular formula is C11H16O3S. The molecule has 0 radical (unpaired) electrons. The number of sulfone groups is 1. The highest BCUT2D eigenvalue weighted by Crippen LogP contribution is 2.31. The van der Waals surface area contributed by atoms with E-state index in [9.17, 15) is 8.42 Å². The van der Waals surface area contributed by atoms with E-state index in [4.69, 9.17) is 4.74 Å². The maximum atomic E-state index is 12.2. The Balaban J connectivity index is 3.41. The number of methoxy groups -OCH3 is 1. The summed E-state index contributed by atoms with van der Waals surface area (Å²) in [4.78, 5) is 0.250. The Morgan fingerprint density at radius 2 is 1.67 bits per heavy atom. The van der Waals surface area contributed by atoms with Crippen molar-refractivity contribution in [3.8, 4) is 5.75 Å². The van der Waals surface area contributed by atoms with Crippen molar-refractivity contribution in [3.05, 3.63) is 24.3 Å². The van der Waals surface area contributed by atoms with E-state index in [0.29, 0.717) is 5.75 Å². The quantitative estimate of drug-likeness (QED) is 0.780. The topological polar surface area (TPSA) is 43.4 Å². The van der Waals surface area contributed by atoms with Crippen LogP contribution in [0.2, 0.25) is 0 Å². The third-order valence-corrected chi connectivity index (χ3v) is 4.69. The monoisotopic (exact) mass is 228 g/mol. The van der Waals surface area contributed by atoms with E-state index in [2.05, 4.69) is 0 Å². The molecule has 84 valence electrons. The molecule has 1 rings (SSSR count). The lowest BCUT2D eigenvalue weighted by Crippen LogP contribution is -2.28. The van der Waals surface area contributed by atoms with Gasteiger partial charge < -0.3 is 4.74 Å². The van der Waals surface area contributed by atoms with Crippen LogP contribution in [-0.2, 0) is 9.84 Å². The molecule has 0 atom stereocenters. The van der Waals surface area contributed by atoms with Crippen LogP contribution in [0.15, 0.2) is 29.2 Å². The Kier molecular flexibility index (Phi) is 3.09. The summed E-state index contributed by atoms with van der Waals surface area (Å²) in [6, 6.07) is 6.67. The molecule has 1 aromatic rings. The van der Waals surface area contributed by atoms with E-state index in [1.165, 1.54) is 7.11 Å². The normalized spacial score (nSPS) is 12.5. The molecule has 0 bridgehead atoms. The maximum Gasteiger partial charge on any atom is 0.186 e. The number of hydrogen-bond donors (Lipinski definition) is 0. The van der Waals surface area contributed by atoms with E-state index in [-0.39, 0.29) is 4.90 Å². The van der Waals surface area contributed by atoms with Gasteiger partial charge in [0.1, 0.15) is 10.6 Å². The van der Waals surface area contributed by atoms with Crippen LogP contribution in [0.5, 0.6) is 5.75 Å². The van der Waals surface area contributed by atoms with Crippen LogP contribution in [0, 0.1) is 0 Å². The van der Waals surface area contributed by atoms with Gasteiger partial charge in [0.2, 0.25) is 0 Å². The molecule has 0 saturated carbocycles. The van der Waals surface area contributed by atoms with Crippen LogP contribution < -0.4 is 4.74 Å². The van der Waals surface area contributed by atoms with E-state index in [0.717, 1.165) is 0 Å². The minimum absolute atomic E-state index is 0.250. The molecule has 15 heavy (non-hydrogen) atoms. The molecule has 0 aliphatic rings. The SMILES string of the molecule is COc1ccccc1S(=O)(=O)C(C)(C)C. The third-order valence-electron chi connectivity index (χ3n) is 2.16. The molecule has 0 spiro atoms. The van der Waals surface area contributed by atoms with Crippen molar-refractivity contribution in [2.45, 2.75) is 30.4 Å². The van der Waals surface area contributed by atoms with E-state index in [1.54, 1.807) is 45.0 Å². The van der Waals surface area contributed by atoms with E-state index in [1.807, 2.05) is 0 Å². The zero-order chi connectivity index (χ0) is 11.7. The van der Waals surface area contributed by atoms with Gasteiger partial charge in [0.25, 0.3) is 0 Å². The number of hydrogen-bond acceptors (Lipinski definition) is 3. The number of benzene rings is 1. The highest BCUT2D eigenvalue weighted by molar-refractivity contribution is 7.92. The number of rotatable bonds is 2. The minimum atomic E-state index is -3.34. The van der Waals surface area contributed by atoms with Crippen molar-refractivity contribution in [2.75, 3.05) is 7.11 Å². The lowest BCUT2D eigenvalue weighted by molar-refractivity contribution is 0.402. The largest absolute Gasteiger partial charge is 0.495 e. The second-order valence-electron chi connectivity index (χ2n) is 4.27. The molecule has 0 aliphatic heterocycles. The predicted octanol–water partition coefficient (Wildman–Crippen LogP) is 2.27. The summed E-state index contributed by atoms with van der Waals surface area (Å²) in [5.41, 5.74) is 0. The van der Waals surface area contributed by atoms with Gasteiger partial charge in [-0.1, -0.05) is 12.1 Å². The van der Waals surface area contributed by atoms with Gasteiger partial charge in [-0.3, -0.25) is 0 Å². The second-order valence-corrected chi connectivity index (χ2v) is 6.94. The highest BCUT2D eigenvalue weighted by Gasteiger charge is 2.32. The van der Waals surface area contributed by atoms with Crippen LogP contribution in [0.3, 0.4) is 0 Å². The van der Waals surface area contributed by atoms with Gasteiger partial charge >= 0.3 is 0 Å². The molecule has 0 amide bonds. The lowest BCUT2D eigenvalue weighted by atomic mass is 10.3. The fraction of sp³-hybridized carbons (Fsp3) is 0.455. The van der Waals surface area contributed by atoms with Gasteiger partial charge in [-0.25, -0.2) is 8.42 Å². The molecule has 0 aromatic heterocycles. The average Bonchev–Trinajstić information content (AvgIpc) is 2.16. The third kappa shape index (κ3) is 2.15. The van der Waals surface area contributed by atoms with Crippen LogP contribution >= 0.6 is 0 Å². The standard InChI is InChI=1S/C11H16O3S/c1-11(2,3)15(12,13)10-8-6-5-7-9(10)14-4/h5-8H,1-4H3. The van der Waals surface area contributed by atoms with E-state index >= 15 is 0 Å². The van der Waals surface area contributed by atoms with E-state index < -0.39 is 14.6 Å². The Labute approximate surface area is 91.0 Å². The molecule has 0 fully saturated rings. The van der Waals surface area contributed by atoms with Gasteiger partial charge in [-0.15, -0.1) is 0 Å². The van der Waals surface area contributed by atoms with Crippen molar-refractivity contribution in [1.82, 2.24) is 0 Å². The second kappa shape index (κ2) is 3.85. The molecule has 0 N–H and O–H groups in total. The predicted molar refractivity (Wildman–Crippen MR) is 59.9 cm³/mol. The molecule has 1 aromatic carbocycles. The van der Waals surface area contributed by atoms with Crippen LogP contribution in [0.1, 0.15) is 20.8 Å². The Hall–Kier alpha value is -1.03. The summed E-state index contributed by atoms with van der Waals surface area (Å²) in [6.45, 7) is 5.03.